The normalized spacial score (nSPS) is 14.4. The molecule has 1 aliphatic carbocycles. The SMILES string of the molecule is CN(CCC(=O)O)CCc1ccc2c(c1)CCCC2. The fourth-order valence-corrected chi connectivity index (χ4v) is 2.66. The van der Waals surface area contributed by atoms with Crippen LogP contribution >= 0.6 is 0 Å². The molecule has 0 saturated carbocycles. The van der Waals surface area contributed by atoms with E-state index in [9.17, 15) is 4.79 Å². The third kappa shape index (κ3) is 4.35. The lowest BCUT2D eigenvalue weighted by molar-refractivity contribution is -0.137. The highest BCUT2D eigenvalue weighted by molar-refractivity contribution is 5.66. The van der Waals surface area contributed by atoms with Gasteiger partial charge in [-0.1, -0.05) is 18.2 Å². The number of hydrogen-bond donors (Lipinski definition) is 1. The van der Waals surface area contributed by atoms with Gasteiger partial charge in [-0.3, -0.25) is 4.79 Å². The summed E-state index contributed by atoms with van der Waals surface area (Å²) in [6.45, 7) is 1.55. The third-order valence-corrected chi connectivity index (χ3v) is 3.90. The maximum atomic E-state index is 10.5. The Morgan fingerprint density at radius 1 is 1.21 bits per heavy atom. The van der Waals surface area contributed by atoms with Gasteiger partial charge in [0, 0.05) is 13.1 Å². The Morgan fingerprint density at radius 2 is 1.95 bits per heavy atom. The van der Waals surface area contributed by atoms with Crippen molar-refractivity contribution in [2.75, 3.05) is 20.1 Å². The van der Waals surface area contributed by atoms with Crippen LogP contribution < -0.4 is 0 Å². The summed E-state index contributed by atoms with van der Waals surface area (Å²) in [5.74, 6) is -0.722. The molecule has 1 aromatic carbocycles. The minimum atomic E-state index is -0.722. The van der Waals surface area contributed by atoms with Crippen LogP contribution in [-0.2, 0) is 24.1 Å². The zero-order valence-corrected chi connectivity index (χ0v) is 11.7. The van der Waals surface area contributed by atoms with Crippen LogP contribution in [0.5, 0.6) is 0 Å². The number of likely N-dealkylation sites (N-methyl/N-ethyl adjacent to an activating group) is 1. The van der Waals surface area contributed by atoms with Crippen molar-refractivity contribution in [2.45, 2.75) is 38.5 Å². The van der Waals surface area contributed by atoms with Gasteiger partial charge in [0.05, 0.1) is 6.42 Å². The van der Waals surface area contributed by atoms with Crippen molar-refractivity contribution in [3.05, 3.63) is 34.9 Å². The highest BCUT2D eigenvalue weighted by Gasteiger charge is 2.10. The molecule has 0 atom stereocenters. The highest BCUT2D eigenvalue weighted by Crippen LogP contribution is 2.22. The van der Waals surface area contributed by atoms with Crippen LogP contribution in [0.4, 0.5) is 0 Å². The number of carbonyl (C=O) groups is 1. The van der Waals surface area contributed by atoms with Gasteiger partial charge in [0.25, 0.3) is 0 Å². The first kappa shape index (κ1) is 14.1. The number of aliphatic carboxylic acids is 1. The molecule has 0 bridgehead atoms. The summed E-state index contributed by atoms with van der Waals surface area (Å²) in [5, 5.41) is 8.65. The smallest absolute Gasteiger partial charge is 0.304 e. The minimum Gasteiger partial charge on any atom is -0.481 e. The van der Waals surface area contributed by atoms with E-state index in [4.69, 9.17) is 5.11 Å². The van der Waals surface area contributed by atoms with Gasteiger partial charge in [-0.25, -0.2) is 0 Å². The lowest BCUT2D eigenvalue weighted by Crippen LogP contribution is -2.24. The van der Waals surface area contributed by atoms with Crippen molar-refractivity contribution < 1.29 is 9.90 Å². The molecule has 19 heavy (non-hydrogen) atoms. The van der Waals surface area contributed by atoms with Crippen LogP contribution in [0.15, 0.2) is 18.2 Å². The molecule has 0 radical (unpaired) electrons. The Morgan fingerprint density at radius 3 is 2.68 bits per heavy atom. The minimum absolute atomic E-state index is 0.223. The van der Waals surface area contributed by atoms with Gasteiger partial charge in [0.2, 0.25) is 0 Å². The van der Waals surface area contributed by atoms with E-state index in [1.165, 1.54) is 42.4 Å². The van der Waals surface area contributed by atoms with Gasteiger partial charge in [0.15, 0.2) is 0 Å². The van der Waals surface area contributed by atoms with Crippen molar-refractivity contribution in [1.82, 2.24) is 4.90 Å². The number of benzene rings is 1. The second-order valence-electron chi connectivity index (χ2n) is 5.51. The molecule has 104 valence electrons. The quantitative estimate of drug-likeness (QED) is 0.855. The number of nitrogens with zero attached hydrogens (tertiary/aromatic N) is 1. The molecule has 1 aromatic rings. The Hall–Kier alpha value is -1.35. The molecule has 0 unspecified atom stereocenters. The van der Waals surface area contributed by atoms with E-state index < -0.39 is 5.97 Å². The monoisotopic (exact) mass is 261 g/mol. The summed E-state index contributed by atoms with van der Waals surface area (Å²) >= 11 is 0. The Kier molecular flexibility index (Phi) is 4.97. The molecule has 0 saturated heterocycles. The van der Waals surface area contributed by atoms with Crippen molar-refractivity contribution in [3.63, 3.8) is 0 Å². The van der Waals surface area contributed by atoms with Gasteiger partial charge in [-0.15, -0.1) is 0 Å². The van der Waals surface area contributed by atoms with E-state index in [2.05, 4.69) is 23.1 Å². The van der Waals surface area contributed by atoms with E-state index in [1.807, 2.05) is 7.05 Å². The Labute approximate surface area is 115 Å². The summed E-state index contributed by atoms with van der Waals surface area (Å²) < 4.78 is 0. The molecule has 0 spiro atoms. The van der Waals surface area contributed by atoms with Crippen molar-refractivity contribution in [2.24, 2.45) is 0 Å². The number of rotatable bonds is 6. The molecule has 0 aliphatic heterocycles. The van der Waals surface area contributed by atoms with E-state index in [0.717, 1.165) is 13.0 Å². The number of carboxylic acids is 1. The summed E-state index contributed by atoms with van der Waals surface area (Å²) in [4.78, 5) is 12.6. The maximum absolute atomic E-state index is 10.5. The van der Waals surface area contributed by atoms with Gasteiger partial charge >= 0.3 is 5.97 Å². The van der Waals surface area contributed by atoms with Crippen LogP contribution in [0.25, 0.3) is 0 Å². The fourth-order valence-electron chi connectivity index (χ4n) is 2.66. The number of fused-ring (bicyclic) bond motifs is 1. The second-order valence-corrected chi connectivity index (χ2v) is 5.51. The van der Waals surface area contributed by atoms with Crippen LogP contribution in [0, 0.1) is 0 Å². The van der Waals surface area contributed by atoms with Crippen LogP contribution in [0.2, 0.25) is 0 Å². The van der Waals surface area contributed by atoms with Gasteiger partial charge in [-0.2, -0.15) is 0 Å². The molecule has 1 aliphatic rings. The molecule has 1 N–H and O–H groups in total. The van der Waals surface area contributed by atoms with Crippen molar-refractivity contribution in [3.8, 4) is 0 Å². The first-order chi connectivity index (χ1) is 9.15. The molecule has 0 aromatic heterocycles. The predicted octanol–water partition coefficient (Wildman–Crippen LogP) is 2.51. The van der Waals surface area contributed by atoms with E-state index in [0.29, 0.717) is 6.54 Å². The summed E-state index contributed by atoms with van der Waals surface area (Å²) in [7, 11) is 1.99. The van der Waals surface area contributed by atoms with Crippen molar-refractivity contribution >= 4 is 5.97 Å². The Bertz CT molecular complexity index is 442. The van der Waals surface area contributed by atoms with E-state index in [-0.39, 0.29) is 6.42 Å². The molecular formula is C16H23NO2. The summed E-state index contributed by atoms with van der Waals surface area (Å²) in [5.41, 5.74) is 4.42. The zero-order chi connectivity index (χ0) is 13.7. The van der Waals surface area contributed by atoms with Gasteiger partial charge < -0.3 is 10.0 Å². The van der Waals surface area contributed by atoms with E-state index in [1.54, 1.807) is 0 Å². The molecule has 3 heteroatoms. The first-order valence-corrected chi connectivity index (χ1v) is 7.16. The molecule has 0 amide bonds. The predicted molar refractivity (Wildman–Crippen MR) is 76.5 cm³/mol. The molecule has 0 fully saturated rings. The average Bonchev–Trinajstić information content (AvgIpc) is 2.42. The number of aryl methyl sites for hydroxylation is 2. The first-order valence-electron chi connectivity index (χ1n) is 7.16. The highest BCUT2D eigenvalue weighted by atomic mass is 16.4. The summed E-state index contributed by atoms with van der Waals surface area (Å²) in [6, 6.07) is 6.86. The lowest BCUT2D eigenvalue weighted by Gasteiger charge is -2.18. The molecule has 2 rings (SSSR count). The van der Waals surface area contributed by atoms with Crippen LogP contribution in [0.3, 0.4) is 0 Å². The van der Waals surface area contributed by atoms with Gasteiger partial charge in [0.1, 0.15) is 0 Å². The summed E-state index contributed by atoms with van der Waals surface area (Å²) in [6.07, 6.45) is 6.31. The van der Waals surface area contributed by atoms with E-state index >= 15 is 0 Å². The number of hydrogen-bond acceptors (Lipinski definition) is 2. The molecular weight excluding hydrogens is 238 g/mol. The molecule has 0 heterocycles. The fraction of sp³-hybridized carbons (Fsp3) is 0.562. The van der Waals surface area contributed by atoms with Crippen LogP contribution in [-0.4, -0.2) is 36.1 Å². The Balaban J connectivity index is 1.84. The maximum Gasteiger partial charge on any atom is 0.304 e. The second kappa shape index (κ2) is 6.71. The standard InChI is InChI=1S/C16H23NO2/c1-17(11-9-16(18)19)10-8-13-6-7-14-4-2-3-5-15(14)12-13/h6-7,12H,2-5,8-11H2,1H3,(H,18,19). The third-order valence-electron chi connectivity index (χ3n) is 3.90. The van der Waals surface area contributed by atoms with Gasteiger partial charge in [-0.05, 0) is 55.8 Å². The van der Waals surface area contributed by atoms with Crippen LogP contribution in [0.1, 0.15) is 36.0 Å². The molecule has 3 nitrogen and oxygen atoms in total. The lowest BCUT2D eigenvalue weighted by atomic mass is 9.90. The average molecular weight is 261 g/mol. The largest absolute Gasteiger partial charge is 0.481 e. The topological polar surface area (TPSA) is 40.5 Å². The number of carboxylic acid groups (broad SMARTS) is 1. The van der Waals surface area contributed by atoms with Crippen molar-refractivity contribution in [1.29, 1.82) is 0 Å². The zero-order valence-electron chi connectivity index (χ0n) is 11.7.